The van der Waals surface area contributed by atoms with Crippen molar-refractivity contribution in [2.75, 3.05) is 42.9 Å². The van der Waals surface area contributed by atoms with E-state index in [-0.39, 0.29) is 5.91 Å². The highest BCUT2D eigenvalue weighted by Gasteiger charge is 2.34. The number of carbonyl (C=O) groups excluding carboxylic acids is 1. The second-order valence-corrected chi connectivity index (χ2v) is 11.2. The molecule has 2 aromatic heterocycles. The first-order valence-electron chi connectivity index (χ1n) is 13.9. The van der Waals surface area contributed by atoms with Crippen molar-refractivity contribution < 1.29 is 9.90 Å². The Bertz CT molecular complexity index is 1470. The molecule has 2 saturated heterocycles. The first kappa shape index (κ1) is 26.6. The van der Waals surface area contributed by atoms with Gasteiger partial charge in [0, 0.05) is 48.6 Å². The average molecular weight is 560 g/mol. The molecule has 6 rings (SSSR count). The number of anilines is 3. The predicted molar refractivity (Wildman–Crippen MR) is 157 cm³/mol. The Balaban J connectivity index is 1.12. The monoisotopic (exact) mass is 559 g/mol. The van der Waals surface area contributed by atoms with Gasteiger partial charge < -0.3 is 26.0 Å². The van der Waals surface area contributed by atoms with Crippen LogP contribution in [0.25, 0.3) is 5.65 Å². The van der Waals surface area contributed by atoms with Crippen molar-refractivity contribution in [2.24, 2.45) is 11.7 Å². The minimum absolute atomic E-state index is 0.0574. The zero-order valence-electron chi connectivity index (χ0n) is 22.3. The second kappa shape index (κ2) is 11.1. The van der Waals surface area contributed by atoms with Gasteiger partial charge in [0.05, 0.1) is 11.3 Å². The number of hydrogen-bond donors (Lipinski definition) is 3. The number of piperidine rings is 2. The van der Waals surface area contributed by atoms with Crippen LogP contribution in [0.1, 0.15) is 41.6 Å². The van der Waals surface area contributed by atoms with Crippen LogP contribution in [-0.4, -0.2) is 63.2 Å². The number of rotatable bonds is 6. The molecule has 40 heavy (non-hydrogen) atoms. The van der Waals surface area contributed by atoms with Gasteiger partial charge >= 0.3 is 0 Å². The fourth-order valence-electron chi connectivity index (χ4n) is 5.74. The molecule has 0 aliphatic carbocycles. The SMILES string of the molecule is NCC1CCN(C(=O)c2ccc(Nc3nc4c(N5CCC(O)(c6ccc(Cl)cc6)CC5)cccn4n3)cc2)CC1. The standard InChI is InChI=1S/C30H34ClN7O2/c31-24-7-5-23(6-8-24)30(40)13-18-36(19-14-30)26-2-1-15-38-27(26)34-29(35-38)33-25-9-3-22(4-10-25)28(39)37-16-11-21(20-32)12-17-37/h1-10,15,21,40H,11-14,16-20,32H2,(H,33,35). The number of halogens is 1. The zero-order valence-corrected chi connectivity index (χ0v) is 23.1. The number of aromatic nitrogens is 3. The normalized spacial score (nSPS) is 17.8. The van der Waals surface area contributed by atoms with Gasteiger partial charge in [-0.2, -0.15) is 4.98 Å². The van der Waals surface area contributed by atoms with E-state index < -0.39 is 5.60 Å². The molecule has 4 N–H and O–H groups in total. The van der Waals surface area contributed by atoms with Gasteiger partial charge in [0.1, 0.15) is 0 Å². The van der Waals surface area contributed by atoms with Crippen molar-refractivity contribution in [3.63, 3.8) is 0 Å². The fourth-order valence-corrected chi connectivity index (χ4v) is 5.86. The van der Waals surface area contributed by atoms with Crippen LogP contribution in [0.15, 0.2) is 66.9 Å². The van der Waals surface area contributed by atoms with E-state index in [0.29, 0.717) is 54.9 Å². The molecule has 10 heteroatoms. The van der Waals surface area contributed by atoms with Crippen molar-refractivity contribution in [1.29, 1.82) is 0 Å². The summed E-state index contributed by atoms with van der Waals surface area (Å²) < 4.78 is 1.76. The van der Waals surface area contributed by atoms with Gasteiger partial charge in [0.2, 0.25) is 5.95 Å². The van der Waals surface area contributed by atoms with Gasteiger partial charge in [-0.15, -0.1) is 5.10 Å². The number of fused-ring (bicyclic) bond motifs is 1. The van der Waals surface area contributed by atoms with Gasteiger partial charge in [0.25, 0.3) is 5.91 Å². The van der Waals surface area contributed by atoms with E-state index >= 15 is 0 Å². The maximum atomic E-state index is 12.9. The Morgan fingerprint density at radius 2 is 1.73 bits per heavy atom. The van der Waals surface area contributed by atoms with Crippen LogP contribution in [-0.2, 0) is 5.60 Å². The molecule has 0 atom stereocenters. The maximum Gasteiger partial charge on any atom is 0.253 e. The van der Waals surface area contributed by atoms with Crippen LogP contribution in [0.4, 0.5) is 17.3 Å². The molecule has 0 spiro atoms. The number of nitrogens with two attached hydrogens (primary N) is 1. The maximum absolute atomic E-state index is 12.9. The third-order valence-corrected chi connectivity index (χ3v) is 8.53. The van der Waals surface area contributed by atoms with E-state index in [4.69, 9.17) is 22.3 Å². The highest BCUT2D eigenvalue weighted by atomic mass is 35.5. The highest BCUT2D eigenvalue weighted by molar-refractivity contribution is 6.30. The molecular formula is C30H34ClN7O2. The lowest BCUT2D eigenvalue weighted by Gasteiger charge is -2.39. The van der Waals surface area contributed by atoms with Crippen LogP contribution < -0.4 is 16.0 Å². The molecule has 9 nitrogen and oxygen atoms in total. The molecule has 2 fully saturated rings. The van der Waals surface area contributed by atoms with Crippen LogP contribution in [0.2, 0.25) is 5.02 Å². The number of pyridine rings is 1. The summed E-state index contributed by atoms with van der Waals surface area (Å²) in [5, 5.41) is 19.8. The lowest BCUT2D eigenvalue weighted by Crippen LogP contribution is -2.42. The topological polar surface area (TPSA) is 112 Å². The number of amides is 1. The molecular weight excluding hydrogens is 526 g/mol. The van der Waals surface area contributed by atoms with Gasteiger partial charge in [-0.05, 0) is 92.2 Å². The lowest BCUT2D eigenvalue weighted by molar-refractivity contribution is 0.0118. The molecule has 0 bridgehead atoms. The van der Waals surface area contributed by atoms with Crippen molar-refractivity contribution in [3.8, 4) is 0 Å². The quantitative estimate of drug-likeness (QED) is 0.320. The first-order valence-corrected chi connectivity index (χ1v) is 14.2. The van der Waals surface area contributed by atoms with E-state index in [1.54, 1.807) is 4.52 Å². The van der Waals surface area contributed by atoms with Gasteiger partial charge in [-0.25, -0.2) is 4.52 Å². The van der Waals surface area contributed by atoms with Crippen molar-refractivity contribution in [2.45, 2.75) is 31.3 Å². The fraction of sp³-hybridized carbons (Fsp3) is 0.367. The lowest BCUT2D eigenvalue weighted by atomic mass is 9.84. The zero-order chi connectivity index (χ0) is 27.7. The van der Waals surface area contributed by atoms with Gasteiger partial charge in [-0.1, -0.05) is 23.7 Å². The Morgan fingerprint density at radius 1 is 1.02 bits per heavy atom. The molecule has 4 aromatic rings. The third kappa shape index (κ3) is 5.37. The number of hydrogen-bond acceptors (Lipinski definition) is 7. The van der Waals surface area contributed by atoms with Crippen molar-refractivity contribution in [1.82, 2.24) is 19.5 Å². The minimum atomic E-state index is -0.874. The summed E-state index contributed by atoms with van der Waals surface area (Å²) in [4.78, 5) is 21.9. The largest absolute Gasteiger partial charge is 0.385 e. The summed E-state index contributed by atoms with van der Waals surface area (Å²) >= 11 is 6.04. The summed E-state index contributed by atoms with van der Waals surface area (Å²) in [5.74, 6) is 1.05. The summed E-state index contributed by atoms with van der Waals surface area (Å²) in [6.45, 7) is 3.57. The summed E-state index contributed by atoms with van der Waals surface area (Å²) in [7, 11) is 0. The van der Waals surface area contributed by atoms with E-state index in [9.17, 15) is 9.90 Å². The second-order valence-electron chi connectivity index (χ2n) is 10.8. The predicted octanol–water partition coefficient (Wildman–Crippen LogP) is 4.43. The number of carbonyl (C=O) groups is 1. The van der Waals surface area contributed by atoms with Crippen LogP contribution in [0.3, 0.4) is 0 Å². The molecule has 2 aliphatic rings. The Kier molecular flexibility index (Phi) is 7.35. The number of benzene rings is 2. The van der Waals surface area contributed by atoms with Crippen molar-refractivity contribution >= 4 is 40.5 Å². The van der Waals surface area contributed by atoms with Crippen molar-refractivity contribution in [3.05, 3.63) is 83.0 Å². The number of likely N-dealkylation sites (tertiary alicyclic amines) is 1. The van der Waals surface area contributed by atoms with Crippen LogP contribution in [0, 0.1) is 5.92 Å². The Hall–Kier alpha value is -3.66. The first-order chi connectivity index (χ1) is 19.4. The van der Waals surface area contributed by atoms with Crippen LogP contribution in [0.5, 0.6) is 0 Å². The smallest absolute Gasteiger partial charge is 0.253 e. The molecule has 4 heterocycles. The Morgan fingerprint density at radius 3 is 2.40 bits per heavy atom. The van der Waals surface area contributed by atoms with Gasteiger partial charge in [0.15, 0.2) is 5.65 Å². The van der Waals surface area contributed by atoms with Gasteiger partial charge in [-0.3, -0.25) is 4.79 Å². The number of nitrogens with zero attached hydrogens (tertiary/aromatic N) is 5. The molecule has 2 aromatic carbocycles. The highest BCUT2D eigenvalue weighted by Crippen LogP contribution is 2.36. The van der Waals surface area contributed by atoms with E-state index in [2.05, 4.69) is 15.3 Å². The molecule has 208 valence electrons. The van der Waals surface area contributed by atoms with E-state index in [0.717, 1.165) is 48.5 Å². The molecule has 0 saturated carbocycles. The molecule has 2 aliphatic heterocycles. The van der Waals surface area contributed by atoms with Crippen LogP contribution >= 0.6 is 11.6 Å². The van der Waals surface area contributed by atoms with E-state index in [1.165, 1.54) is 0 Å². The summed E-state index contributed by atoms with van der Waals surface area (Å²) in [6, 6.07) is 18.9. The number of nitrogens with one attached hydrogen (secondary N) is 1. The summed E-state index contributed by atoms with van der Waals surface area (Å²) in [6.07, 6.45) is 5.00. The minimum Gasteiger partial charge on any atom is -0.385 e. The number of aliphatic hydroxyl groups is 1. The Labute approximate surface area is 238 Å². The molecule has 0 unspecified atom stereocenters. The third-order valence-electron chi connectivity index (χ3n) is 8.28. The van der Waals surface area contributed by atoms with E-state index in [1.807, 2.05) is 71.8 Å². The average Bonchev–Trinajstić information content (AvgIpc) is 3.41. The molecule has 1 amide bonds. The summed E-state index contributed by atoms with van der Waals surface area (Å²) in [5.41, 5.74) is 9.00. The molecule has 0 radical (unpaired) electrons.